The van der Waals surface area contributed by atoms with E-state index in [1.807, 2.05) is 35.2 Å². The Bertz CT molecular complexity index is 961. The lowest BCUT2D eigenvalue weighted by molar-refractivity contribution is -0.119. The summed E-state index contributed by atoms with van der Waals surface area (Å²) in [5.74, 6) is -0.0240. The number of halogens is 1. The second kappa shape index (κ2) is 8.78. The Kier molecular flexibility index (Phi) is 5.95. The molecule has 2 heterocycles. The number of rotatable bonds is 6. The summed E-state index contributed by atoms with van der Waals surface area (Å²) in [6, 6.07) is 18.7. The van der Waals surface area contributed by atoms with Crippen LogP contribution in [0.25, 0.3) is 10.9 Å². The summed E-state index contributed by atoms with van der Waals surface area (Å²) in [4.78, 5) is 13.2. The van der Waals surface area contributed by atoms with Crippen molar-refractivity contribution in [2.45, 2.75) is 45.1 Å². The fraction of sp³-hybridized carbons (Fsp3) is 0.375. The zero-order valence-corrected chi connectivity index (χ0v) is 16.9. The molecule has 0 saturated carbocycles. The maximum atomic E-state index is 14.8. The van der Waals surface area contributed by atoms with E-state index in [0.717, 1.165) is 37.1 Å². The number of aromatic nitrogens is 1. The van der Waals surface area contributed by atoms with Gasteiger partial charge >= 0.3 is 0 Å². The molecule has 2 aromatic carbocycles. The molecule has 0 bridgehead atoms. The van der Waals surface area contributed by atoms with E-state index in [4.69, 9.17) is 0 Å². The third-order valence-electron chi connectivity index (χ3n) is 5.86. The van der Waals surface area contributed by atoms with Gasteiger partial charge in [-0.05, 0) is 41.5 Å². The van der Waals surface area contributed by atoms with Crippen molar-refractivity contribution >= 4 is 16.8 Å². The lowest BCUT2D eigenvalue weighted by Gasteiger charge is -2.35. The minimum Gasteiger partial charge on any atom is -0.352 e. The molecule has 1 amide bonds. The van der Waals surface area contributed by atoms with Gasteiger partial charge < -0.3 is 9.88 Å². The molecular formula is C24H28FN3O. The Balaban J connectivity index is 1.40. The van der Waals surface area contributed by atoms with Crippen molar-refractivity contribution in [1.82, 2.24) is 14.8 Å². The molecule has 1 atom stereocenters. The van der Waals surface area contributed by atoms with Crippen molar-refractivity contribution in [2.24, 2.45) is 0 Å². The SMILES string of the molecule is CC(=O)NCc1ccc2ccn(C3CCN(C(F)Cc4ccccc4)CC3)c2c1. The van der Waals surface area contributed by atoms with Gasteiger partial charge in [0.05, 0.1) is 0 Å². The minimum absolute atomic E-state index is 0.0240. The second-order valence-electron chi connectivity index (χ2n) is 7.92. The summed E-state index contributed by atoms with van der Waals surface area (Å²) in [5.41, 5.74) is 3.33. The van der Waals surface area contributed by atoms with Crippen LogP contribution in [0.4, 0.5) is 4.39 Å². The number of nitrogens with zero attached hydrogens (tertiary/aromatic N) is 2. The van der Waals surface area contributed by atoms with E-state index in [1.165, 1.54) is 17.8 Å². The van der Waals surface area contributed by atoms with Crippen LogP contribution in [0.3, 0.4) is 0 Å². The number of carbonyl (C=O) groups is 1. The number of piperidine rings is 1. The lowest BCUT2D eigenvalue weighted by atomic mass is 10.0. The molecule has 1 aliphatic rings. The van der Waals surface area contributed by atoms with Gasteiger partial charge in [-0.15, -0.1) is 0 Å². The number of benzene rings is 2. The van der Waals surface area contributed by atoms with Crippen molar-refractivity contribution in [2.75, 3.05) is 13.1 Å². The Morgan fingerprint density at radius 2 is 1.86 bits per heavy atom. The summed E-state index contributed by atoms with van der Waals surface area (Å²) in [6.45, 7) is 3.61. The molecule has 1 N–H and O–H groups in total. The zero-order chi connectivity index (χ0) is 20.2. The molecule has 0 spiro atoms. The maximum absolute atomic E-state index is 14.8. The van der Waals surface area contributed by atoms with Crippen molar-refractivity contribution in [3.05, 3.63) is 71.9 Å². The third kappa shape index (κ3) is 4.67. The molecule has 5 heteroatoms. The monoisotopic (exact) mass is 393 g/mol. The quantitative estimate of drug-likeness (QED) is 0.628. The first-order valence-corrected chi connectivity index (χ1v) is 10.4. The van der Waals surface area contributed by atoms with E-state index in [0.29, 0.717) is 19.0 Å². The number of fused-ring (bicyclic) bond motifs is 1. The summed E-state index contributed by atoms with van der Waals surface area (Å²) in [6.07, 6.45) is 3.54. The highest BCUT2D eigenvalue weighted by Crippen LogP contribution is 2.29. The van der Waals surface area contributed by atoms with Crippen LogP contribution in [0, 0.1) is 0 Å². The first-order valence-electron chi connectivity index (χ1n) is 10.4. The summed E-state index contributed by atoms with van der Waals surface area (Å²) >= 11 is 0. The molecule has 152 valence electrons. The largest absolute Gasteiger partial charge is 0.352 e. The zero-order valence-electron chi connectivity index (χ0n) is 16.9. The van der Waals surface area contributed by atoms with Gasteiger partial charge in [0, 0.05) is 50.7 Å². The minimum atomic E-state index is -0.927. The van der Waals surface area contributed by atoms with E-state index in [9.17, 15) is 9.18 Å². The molecule has 1 aromatic heterocycles. The fourth-order valence-corrected chi connectivity index (χ4v) is 4.23. The van der Waals surface area contributed by atoms with Crippen LogP contribution in [-0.2, 0) is 17.8 Å². The first kappa shape index (κ1) is 19.6. The number of likely N-dealkylation sites (tertiary alicyclic amines) is 1. The van der Waals surface area contributed by atoms with Gasteiger partial charge in [-0.3, -0.25) is 9.69 Å². The van der Waals surface area contributed by atoms with E-state index in [2.05, 4.69) is 40.3 Å². The van der Waals surface area contributed by atoms with Crippen LogP contribution >= 0.6 is 0 Å². The number of carbonyl (C=O) groups excluding carboxylic acids is 1. The normalized spacial score (nSPS) is 16.8. The number of amides is 1. The Hall–Kier alpha value is -2.66. The average Bonchev–Trinajstić information content (AvgIpc) is 3.16. The second-order valence-corrected chi connectivity index (χ2v) is 7.92. The Labute approximate surface area is 171 Å². The Morgan fingerprint density at radius 1 is 1.10 bits per heavy atom. The number of nitrogens with one attached hydrogen (secondary N) is 1. The standard InChI is InChI=1S/C24H28FN3O/c1-18(29)26-17-20-7-8-21-9-14-28(23(21)15-20)22-10-12-27(13-11-22)24(25)16-19-5-3-2-4-6-19/h2-9,14-15,22,24H,10-13,16-17H2,1H3,(H,26,29). The molecule has 1 saturated heterocycles. The number of hydrogen-bond donors (Lipinski definition) is 1. The van der Waals surface area contributed by atoms with Crippen LogP contribution < -0.4 is 5.32 Å². The predicted molar refractivity (Wildman–Crippen MR) is 114 cm³/mol. The van der Waals surface area contributed by atoms with Gasteiger partial charge in [0.2, 0.25) is 5.91 Å². The first-order chi connectivity index (χ1) is 14.1. The van der Waals surface area contributed by atoms with Gasteiger partial charge in [-0.25, -0.2) is 4.39 Å². The van der Waals surface area contributed by atoms with Crippen molar-refractivity contribution in [1.29, 1.82) is 0 Å². The van der Waals surface area contributed by atoms with Crippen molar-refractivity contribution < 1.29 is 9.18 Å². The summed E-state index contributed by atoms with van der Waals surface area (Å²) in [7, 11) is 0. The molecule has 4 rings (SSSR count). The van der Waals surface area contributed by atoms with Gasteiger partial charge in [0.1, 0.15) is 0 Å². The number of alkyl halides is 1. The molecule has 0 aliphatic carbocycles. The highest BCUT2D eigenvalue weighted by molar-refractivity contribution is 5.81. The van der Waals surface area contributed by atoms with E-state index in [-0.39, 0.29) is 5.91 Å². The van der Waals surface area contributed by atoms with Crippen LogP contribution in [-0.4, -0.2) is 34.8 Å². The lowest BCUT2D eigenvalue weighted by Crippen LogP contribution is -2.40. The van der Waals surface area contributed by atoms with Gasteiger partial charge in [0.25, 0.3) is 0 Å². The molecule has 1 fully saturated rings. The van der Waals surface area contributed by atoms with Gasteiger partial charge in [-0.1, -0.05) is 42.5 Å². The fourth-order valence-electron chi connectivity index (χ4n) is 4.23. The van der Waals surface area contributed by atoms with E-state index < -0.39 is 6.30 Å². The number of hydrogen-bond acceptors (Lipinski definition) is 2. The summed E-state index contributed by atoms with van der Waals surface area (Å²) in [5, 5.41) is 4.06. The van der Waals surface area contributed by atoms with Gasteiger partial charge in [-0.2, -0.15) is 0 Å². The van der Waals surface area contributed by atoms with Crippen LogP contribution in [0.5, 0.6) is 0 Å². The smallest absolute Gasteiger partial charge is 0.217 e. The van der Waals surface area contributed by atoms with Gasteiger partial charge in [0.15, 0.2) is 6.30 Å². The molecule has 1 unspecified atom stereocenters. The predicted octanol–water partition coefficient (Wildman–Crippen LogP) is 4.45. The average molecular weight is 394 g/mol. The third-order valence-corrected chi connectivity index (χ3v) is 5.86. The van der Waals surface area contributed by atoms with Crippen molar-refractivity contribution in [3.8, 4) is 0 Å². The Morgan fingerprint density at radius 3 is 2.59 bits per heavy atom. The molecule has 4 nitrogen and oxygen atoms in total. The maximum Gasteiger partial charge on any atom is 0.217 e. The highest BCUT2D eigenvalue weighted by Gasteiger charge is 2.26. The van der Waals surface area contributed by atoms with Crippen molar-refractivity contribution in [3.63, 3.8) is 0 Å². The molecule has 0 radical (unpaired) electrons. The topological polar surface area (TPSA) is 37.3 Å². The van der Waals surface area contributed by atoms with Crippen LogP contribution in [0.2, 0.25) is 0 Å². The molecule has 1 aliphatic heterocycles. The van der Waals surface area contributed by atoms with Crippen LogP contribution in [0.15, 0.2) is 60.8 Å². The highest BCUT2D eigenvalue weighted by atomic mass is 19.1. The van der Waals surface area contributed by atoms with E-state index in [1.54, 1.807) is 0 Å². The van der Waals surface area contributed by atoms with Crippen LogP contribution in [0.1, 0.15) is 36.9 Å². The molecule has 3 aromatic rings. The molecule has 29 heavy (non-hydrogen) atoms. The van der Waals surface area contributed by atoms with E-state index >= 15 is 0 Å². The summed E-state index contributed by atoms with van der Waals surface area (Å²) < 4.78 is 17.1. The molecular weight excluding hydrogens is 365 g/mol.